The van der Waals surface area contributed by atoms with Crippen LogP contribution in [-0.4, -0.2) is 40.6 Å². The number of carboxylic acids is 1. The van der Waals surface area contributed by atoms with E-state index in [1.54, 1.807) is 19.9 Å². The highest BCUT2D eigenvalue weighted by atomic mass is 19.1. The molecule has 6 heteroatoms. The number of halogens is 1. The van der Waals surface area contributed by atoms with Gasteiger partial charge in [-0.15, -0.1) is 0 Å². The van der Waals surface area contributed by atoms with Crippen LogP contribution in [0, 0.1) is 5.82 Å². The third-order valence-electron chi connectivity index (χ3n) is 2.96. The topological polar surface area (TPSA) is 66.8 Å². The third kappa shape index (κ3) is 5.06. The fraction of sp³-hybridized carbons (Fsp3) is 0.467. The number of benzene rings is 1. The number of ether oxygens (including phenoxy) is 1. The van der Waals surface area contributed by atoms with Crippen molar-refractivity contribution in [3.05, 3.63) is 30.1 Å². The van der Waals surface area contributed by atoms with E-state index in [1.165, 1.54) is 30.0 Å². The van der Waals surface area contributed by atoms with Crippen molar-refractivity contribution >= 4 is 11.9 Å². The molecular weight excluding hydrogens is 277 g/mol. The van der Waals surface area contributed by atoms with Crippen LogP contribution in [0.25, 0.3) is 0 Å². The van der Waals surface area contributed by atoms with Crippen molar-refractivity contribution in [3.63, 3.8) is 0 Å². The number of hydrogen-bond donors (Lipinski definition) is 1. The Hall–Kier alpha value is -2.11. The van der Waals surface area contributed by atoms with Crippen LogP contribution in [0.2, 0.25) is 0 Å². The fourth-order valence-corrected chi connectivity index (χ4v) is 1.85. The minimum atomic E-state index is -0.976. The average molecular weight is 297 g/mol. The van der Waals surface area contributed by atoms with Gasteiger partial charge in [-0.05, 0) is 32.9 Å². The predicted molar refractivity (Wildman–Crippen MR) is 75.6 cm³/mol. The van der Waals surface area contributed by atoms with Crippen LogP contribution in [0.1, 0.15) is 27.2 Å². The van der Waals surface area contributed by atoms with Gasteiger partial charge < -0.3 is 14.7 Å². The van der Waals surface area contributed by atoms with Crippen LogP contribution in [0.15, 0.2) is 24.3 Å². The molecule has 0 aliphatic carbocycles. The van der Waals surface area contributed by atoms with Crippen LogP contribution in [0.4, 0.5) is 4.39 Å². The van der Waals surface area contributed by atoms with Gasteiger partial charge in [0.15, 0.2) is 17.7 Å². The average Bonchev–Trinajstić information content (AvgIpc) is 2.40. The van der Waals surface area contributed by atoms with Gasteiger partial charge in [0.25, 0.3) is 5.91 Å². The van der Waals surface area contributed by atoms with Gasteiger partial charge in [-0.2, -0.15) is 0 Å². The number of para-hydroxylation sites is 1. The van der Waals surface area contributed by atoms with Crippen molar-refractivity contribution in [2.75, 3.05) is 6.54 Å². The molecule has 0 radical (unpaired) electrons. The normalized spacial score (nSPS) is 12.0. The van der Waals surface area contributed by atoms with Gasteiger partial charge in [-0.3, -0.25) is 9.59 Å². The highest BCUT2D eigenvalue weighted by Crippen LogP contribution is 2.18. The molecular formula is C15H20FNO4. The molecule has 0 fully saturated rings. The molecule has 0 saturated heterocycles. The molecule has 0 aliphatic heterocycles. The first kappa shape index (κ1) is 16.9. The Balaban J connectivity index is 2.74. The minimum Gasteiger partial charge on any atom is -0.481 e. The maximum atomic E-state index is 13.5. The Morgan fingerprint density at radius 1 is 1.29 bits per heavy atom. The van der Waals surface area contributed by atoms with Crippen molar-refractivity contribution in [1.29, 1.82) is 0 Å². The number of amides is 1. The van der Waals surface area contributed by atoms with Crippen LogP contribution in [0.5, 0.6) is 5.75 Å². The summed E-state index contributed by atoms with van der Waals surface area (Å²) in [5, 5.41) is 8.72. The molecule has 1 rings (SSSR count). The Labute approximate surface area is 123 Å². The van der Waals surface area contributed by atoms with Gasteiger partial charge in [0.2, 0.25) is 0 Å². The molecule has 0 aliphatic rings. The first-order chi connectivity index (χ1) is 9.82. The summed E-state index contributed by atoms with van der Waals surface area (Å²) < 4.78 is 18.8. The summed E-state index contributed by atoms with van der Waals surface area (Å²) in [5.41, 5.74) is 0. The molecule has 21 heavy (non-hydrogen) atoms. The van der Waals surface area contributed by atoms with Crippen molar-refractivity contribution in [2.24, 2.45) is 0 Å². The number of rotatable bonds is 7. The van der Waals surface area contributed by atoms with E-state index in [4.69, 9.17) is 9.84 Å². The summed E-state index contributed by atoms with van der Waals surface area (Å²) >= 11 is 0. The Morgan fingerprint density at radius 3 is 2.43 bits per heavy atom. The van der Waals surface area contributed by atoms with E-state index in [1.807, 2.05) is 0 Å². The molecule has 1 amide bonds. The molecule has 0 saturated carbocycles. The second-order valence-electron chi connectivity index (χ2n) is 4.96. The van der Waals surface area contributed by atoms with Crippen molar-refractivity contribution in [1.82, 2.24) is 4.90 Å². The monoisotopic (exact) mass is 297 g/mol. The fourth-order valence-electron chi connectivity index (χ4n) is 1.85. The lowest BCUT2D eigenvalue weighted by Gasteiger charge is -2.29. The number of carbonyl (C=O) groups excluding carboxylic acids is 1. The number of nitrogens with zero attached hydrogens (tertiary/aromatic N) is 1. The maximum absolute atomic E-state index is 13.5. The van der Waals surface area contributed by atoms with Crippen molar-refractivity contribution in [2.45, 2.75) is 39.3 Å². The Bertz CT molecular complexity index is 504. The second-order valence-corrected chi connectivity index (χ2v) is 4.96. The standard InChI is InChI=1S/C15H20FNO4/c1-10(2)17(9-8-14(18)19)15(20)11(3)21-13-7-5-4-6-12(13)16/h4-7,10-11H,8-9H2,1-3H3,(H,18,19). The molecule has 116 valence electrons. The SMILES string of the molecule is CC(Oc1ccccc1F)C(=O)N(CCC(=O)O)C(C)C. The number of carboxylic acid groups (broad SMARTS) is 1. The van der Waals surface area contributed by atoms with E-state index < -0.39 is 17.9 Å². The second kappa shape index (κ2) is 7.61. The number of hydrogen-bond acceptors (Lipinski definition) is 3. The molecule has 1 N–H and O–H groups in total. The zero-order valence-corrected chi connectivity index (χ0v) is 12.4. The quantitative estimate of drug-likeness (QED) is 0.838. The van der Waals surface area contributed by atoms with E-state index in [0.717, 1.165) is 0 Å². The van der Waals surface area contributed by atoms with Crippen LogP contribution < -0.4 is 4.74 Å². The van der Waals surface area contributed by atoms with Gasteiger partial charge in [0.1, 0.15) is 0 Å². The molecule has 1 unspecified atom stereocenters. The predicted octanol–water partition coefficient (Wildman–Crippen LogP) is 2.30. The molecule has 5 nitrogen and oxygen atoms in total. The lowest BCUT2D eigenvalue weighted by Crippen LogP contribution is -2.45. The molecule has 1 atom stereocenters. The molecule has 1 aromatic rings. The molecule has 0 aromatic heterocycles. The zero-order valence-electron chi connectivity index (χ0n) is 12.4. The molecule has 1 aromatic carbocycles. The summed E-state index contributed by atoms with van der Waals surface area (Å²) in [6, 6.07) is 5.67. The summed E-state index contributed by atoms with van der Waals surface area (Å²) in [6.45, 7) is 5.19. The number of aliphatic carboxylic acids is 1. The van der Waals surface area contributed by atoms with Crippen LogP contribution in [-0.2, 0) is 9.59 Å². The van der Waals surface area contributed by atoms with E-state index in [2.05, 4.69) is 0 Å². The van der Waals surface area contributed by atoms with Gasteiger partial charge in [0, 0.05) is 12.6 Å². The van der Waals surface area contributed by atoms with Crippen LogP contribution in [0.3, 0.4) is 0 Å². The van der Waals surface area contributed by atoms with Crippen molar-refractivity contribution in [3.8, 4) is 5.75 Å². The van der Waals surface area contributed by atoms with Crippen molar-refractivity contribution < 1.29 is 23.8 Å². The minimum absolute atomic E-state index is 0.000269. The highest BCUT2D eigenvalue weighted by molar-refractivity contribution is 5.81. The zero-order chi connectivity index (χ0) is 16.0. The lowest BCUT2D eigenvalue weighted by atomic mass is 10.2. The van der Waals surface area contributed by atoms with Gasteiger partial charge in [-0.25, -0.2) is 4.39 Å². The molecule has 0 heterocycles. The van der Waals surface area contributed by atoms with Gasteiger partial charge in [-0.1, -0.05) is 12.1 Å². The molecule has 0 spiro atoms. The van der Waals surface area contributed by atoms with E-state index in [9.17, 15) is 14.0 Å². The maximum Gasteiger partial charge on any atom is 0.305 e. The largest absolute Gasteiger partial charge is 0.481 e. The van der Waals surface area contributed by atoms with Crippen LogP contribution >= 0.6 is 0 Å². The first-order valence-corrected chi connectivity index (χ1v) is 6.76. The first-order valence-electron chi connectivity index (χ1n) is 6.76. The Morgan fingerprint density at radius 2 is 1.90 bits per heavy atom. The van der Waals surface area contributed by atoms with E-state index in [0.29, 0.717) is 0 Å². The summed E-state index contributed by atoms with van der Waals surface area (Å²) in [4.78, 5) is 24.4. The number of carbonyl (C=O) groups is 2. The van der Waals surface area contributed by atoms with E-state index in [-0.39, 0.29) is 30.7 Å². The summed E-state index contributed by atoms with van der Waals surface area (Å²) in [7, 11) is 0. The highest BCUT2D eigenvalue weighted by Gasteiger charge is 2.25. The van der Waals surface area contributed by atoms with E-state index >= 15 is 0 Å². The summed E-state index contributed by atoms with van der Waals surface area (Å²) in [6.07, 6.45) is -1.03. The van der Waals surface area contributed by atoms with Gasteiger partial charge >= 0.3 is 5.97 Å². The summed E-state index contributed by atoms with van der Waals surface area (Å²) in [5.74, 6) is -1.88. The Kier molecular flexibility index (Phi) is 6.14. The third-order valence-corrected chi connectivity index (χ3v) is 2.96. The molecule has 0 bridgehead atoms. The lowest BCUT2D eigenvalue weighted by molar-refractivity contribution is -0.142. The smallest absolute Gasteiger partial charge is 0.305 e. The van der Waals surface area contributed by atoms with Gasteiger partial charge in [0.05, 0.1) is 6.42 Å².